The molecule has 0 aromatic carbocycles. The second-order valence-corrected chi connectivity index (χ2v) is 14.9. The van der Waals surface area contributed by atoms with E-state index in [0.29, 0.717) is 23.5 Å². The minimum atomic E-state index is 0.0347. The fraction of sp³-hybridized carbons (Fsp3) is 0.610. The number of hydrogen-bond donors (Lipinski definition) is 2. The van der Waals surface area contributed by atoms with Crippen LogP contribution < -0.4 is 5.32 Å². The number of rotatable bonds is 9. The van der Waals surface area contributed by atoms with E-state index in [1.807, 2.05) is 0 Å². The second kappa shape index (κ2) is 14.3. The number of aliphatic imine (C=N–C) groups is 2. The highest BCUT2D eigenvalue weighted by Crippen LogP contribution is 2.42. The van der Waals surface area contributed by atoms with Gasteiger partial charge in [0.15, 0.2) is 0 Å². The molecule has 1 heterocycles. The summed E-state index contributed by atoms with van der Waals surface area (Å²) in [5.74, 6) is 3.17. The molecule has 0 radical (unpaired) electrons. The minimum absolute atomic E-state index is 0.0347. The normalized spacial score (nSPS) is 35.4. The van der Waals surface area contributed by atoms with Gasteiger partial charge in [0.25, 0.3) is 0 Å². The van der Waals surface area contributed by atoms with Crippen LogP contribution in [-0.4, -0.2) is 35.2 Å². The Balaban J connectivity index is 1.07. The quantitative estimate of drug-likeness (QED) is 0.203. The Morgan fingerprint density at radius 2 is 1.76 bits per heavy atom. The van der Waals surface area contributed by atoms with E-state index in [-0.39, 0.29) is 18.0 Å². The molecular formula is C41H55N3O. The molecule has 0 saturated heterocycles. The van der Waals surface area contributed by atoms with Crippen molar-refractivity contribution in [3.63, 3.8) is 0 Å². The highest BCUT2D eigenvalue weighted by molar-refractivity contribution is 6.21. The van der Waals surface area contributed by atoms with Crippen LogP contribution in [0.5, 0.6) is 0 Å². The average molecular weight is 606 g/mol. The van der Waals surface area contributed by atoms with Crippen molar-refractivity contribution in [2.45, 2.75) is 122 Å². The lowest BCUT2D eigenvalue weighted by atomic mass is 9.73. The van der Waals surface area contributed by atoms with Crippen LogP contribution in [0.15, 0.2) is 92.8 Å². The summed E-state index contributed by atoms with van der Waals surface area (Å²) in [7, 11) is 0. The maximum Gasteiger partial charge on any atom is 0.126 e. The lowest BCUT2D eigenvalue weighted by molar-refractivity contribution is 0.262. The third-order valence-corrected chi connectivity index (χ3v) is 11.9. The molecule has 4 nitrogen and oxygen atoms in total. The minimum Gasteiger partial charge on any atom is -0.512 e. The molecule has 1 saturated carbocycles. The Hall–Kier alpha value is -2.88. The molecule has 2 N–H and O–H groups in total. The molecular weight excluding hydrogens is 550 g/mol. The lowest BCUT2D eigenvalue weighted by Gasteiger charge is -2.38. The van der Waals surface area contributed by atoms with Crippen molar-refractivity contribution in [3.05, 3.63) is 82.9 Å². The van der Waals surface area contributed by atoms with Crippen LogP contribution in [0, 0.1) is 29.6 Å². The zero-order chi connectivity index (χ0) is 30.6. The molecule has 0 spiro atoms. The first kappa shape index (κ1) is 30.8. The Labute approximate surface area is 272 Å². The first-order valence-corrected chi connectivity index (χ1v) is 18.5. The maximum atomic E-state index is 11.8. The van der Waals surface area contributed by atoms with E-state index in [4.69, 9.17) is 9.98 Å². The Kier molecular flexibility index (Phi) is 9.75. The Morgan fingerprint density at radius 3 is 2.53 bits per heavy atom. The molecule has 240 valence electrons. The summed E-state index contributed by atoms with van der Waals surface area (Å²) >= 11 is 0. The van der Waals surface area contributed by atoms with E-state index in [1.165, 1.54) is 78.8 Å². The van der Waals surface area contributed by atoms with Crippen LogP contribution in [-0.2, 0) is 0 Å². The van der Waals surface area contributed by atoms with Crippen LogP contribution in [0.4, 0.5) is 0 Å². The van der Waals surface area contributed by atoms with Gasteiger partial charge < -0.3 is 10.4 Å². The Morgan fingerprint density at radius 1 is 0.889 bits per heavy atom. The summed E-state index contributed by atoms with van der Waals surface area (Å²) in [5.41, 5.74) is 8.11. The predicted octanol–water partition coefficient (Wildman–Crippen LogP) is 9.85. The third-order valence-electron chi connectivity index (χ3n) is 11.9. The predicted molar refractivity (Wildman–Crippen MR) is 189 cm³/mol. The Bertz CT molecular complexity index is 1380. The summed E-state index contributed by atoms with van der Waals surface area (Å²) in [6, 6.07) is 0.490. The zero-order valence-electron chi connectivity index (χ0n) is 27.6. The number of hydrogen-bond acceptors (Lipinski definition) is 4. The van der Waals surface area contributed by atoms with Gasteiger partial charge >= 0.3 is 0 Å². The largest absolute Gasteiger partial charge is 0.512 e. The molecule has 0 aromatic rings. The van der Waals surface area contributed by atoms with Gasteiger partial charge in [0, 0.05) is 35.0 Å². The van der Waals surface area contributed by atoms with Crippen molar-refractivity contribution in [1.29, 1.82) is 0 Å². The van der Waals surface area contributed by atoms with Gasteiger partial charge in [0.1, 0.15) is 11.8 Å². The van der Waals surface area contributed by atoms with Crippen LogP contribution in [0.25, 0.3) is 0 Å². The van der Waals surface area contributed by atoms with Gasteiger partial charge in [-0.05, 0) is 118 Å². The van der Waals surface area contributed by atoms with E-state index >= 15 is 0 Å². The highest BCUT2D eigenvalue weighted by Gasteiger charge is 2.43. The van der Waals surface area contributed by atoms with E-state index in [2.05, 4.69) is 66.9 Å². The number of nitrogens with zero attached hydrogens (tertiary/aromatic N) is 2. The van der Waals surface area contributed by atoms with Crippen molar-refractivity contribution in [1.82, 2.24) is 5.32 Å². The first-order chi connectivity index (χ1) is 22.2. The average Bonchev–Trinajstić information content (AvgIpc) is 3.87. The van der Waals surface area contributed by atoms with Gasteiger partial charge in [-0.1, -0.05) is 74.8 Å². The number of allylic oxidation sites excluding steroid dienone is 10. The number of aliphatic hydroxyl groups excluding tert-OH is 1. The SMILES string of the molecule is CC1CCCCC1C1=NC1C(=NCC1=CC(NC2CCC(C3CC=CCC3)=C(O)C2C2=CCCC=C2)=CCC1)C1CC=CCC1. The highest BCUT2D eigenvalue weighted by atomic mass is 16.3. The van der Waals surface area contributed by atoms with E-state index in [9.17, 15) is 5.11 Å². The van der Waals surface area contributed by atoms with Crippen LogP contribution in [0.2, 0.25) is 0 Å². The standard InChI is InChI=1S/C41H55N3O/c1-28-14-11-12-23-34(28)39-40(44-39)38(32-20-9-4-10-21-32)42-27-29-15-13-22-33(26-29)43-36-25-24-35(30-16-5-2-6-17-30)41(45)37(36)31-18-7-3-8-19-31/h2,4-5,7,9,18-19,22,26,28,30,32,34,36-37,40,43,45H,3,6,8,10-17,20-21,23-25,27H2,1H3. The van der Waals surface area contributed by atoms with Crippen molar-refractivity contribution in [2.24, 2.45) is 39.6 Å². The first-order valence-electron chi connectivity index (χ1n) is 18.5. The number of nitrogens with one attached hydrogen (secondary N) is 1. The van der Waals surface area contributed by atoms with E-state index in [1.54, 1.807) is 0 Å². The van der Waals surface area contributed by atoms with Crippen LogP contribution in [0.1, 0.15) is 110 Å². The zero-order valence-corrected chi connectivity index (χ0v) is 27.6. The van der Waals surface area contributed by atoms with Gasteiger partial charge in [0.2, 0.25) is 0 Å². The molecule has 6 aliphatic carbocycles. The molecule has 4 heteroatoms. The molecule has 45 heavy (non-hydrogen) atoms. The summed E-state index contributed by atoms with van der Waals surface area (Å²) < 4.78 is 0. The maximum absolute atomic E-state index is 11.8. The molecule has 1 fully saturated rings. The fourth-order valence-corrected chi connectivity index (χ4v) is 9.21. The van der Waals surface area contributed by atoms with Gasteiger partial charge in [-0.2, -0.15) is 0 Å². The molecule has 7 atom stereocenters. The van der Waals surface area contributed by atoms with Crippen molar-refractivity contribution < 1.29 is 5.11 Å². The molecule has 0 aromatic heterocycles. The fourth-order valence-electron chi connectivity index (χ4n) is 9.21. The van der Waals surface area contributed by atoms with Gasteiger partial charge in [-0.3, -0.25) is 9.98 Å². The molecule has 0 amide bonds. The molecule has 0 bridgehead atoms. The van der Waals surface area contributed by atoms with Crippen molar-refractivity contribution in [2.75, 3.05) is 6.54 Å². The van der Waals surface area contributed by atoms with Gasteiger partial charge in [-0.25, -0.2) is 0 Å². The van der Waals surface area contributed by atoms with Gasteiger partial charge in [0.05, 0.1) is 12.5 Å². The summed E-state index contributed by atoms with van der Waals surface area (Å²) in [4.78, 5) is 10.6. The second-order valence-electron chi connectivity index (χ2n) is 14.9. The molecule has 7 rings (SSSR count). The summed E-state index contributed by atoms with van der Waals surface area (Å²) in [6.45, 7) is 3.23. The van der Waals surface area contributed by atoms with Crippen LogP contribution in [0.3, 0.4) is 0 Å². The molecule has 7 unspecified atom stereocenters. The van der Waals surface area contributed by atoms with Crippen LogP contribution >= 0.6 is 0 Å². The van der Waals surface area contributed by atoms with Gasteiger partial charge in [-0.15, -0.1) is 0 Å². The monoisotopic (exact) mass is 605 g/mol. The molecule has 7 aliphatic rings. The smallest absolute Gasteiger partial charge is 0.126 e. The van der Waals surface area contributed by atoms with E-state index in [0.717, 1.165) is 70.3 Å². The summed E-state index contributed by atoms with van der Waals surface area (Å²) in [6.07, 6.45) is 39.7. The van der Waals surface area contributed by atoms with Crippen molar-refractivity contribution in [3.8, 4) is 0 Å². The number of aliphatic hydroxyl groups is 1. The summed E-state index contributed by atoms with van der Waals surface area (Å²) in [5, 5.41) is 15.8. The lowest BCUT2D eigenvalue weighted by Crippen LogP contribution is -2.41. The van der Waals surface area contributed by atoms with Crippen molar-refractivity contribution >= 4 is 11.4 Å². The third kappa shape index (κ3) is 7.10. The van der Waals surface area contributed by atoms with E-state index < -0.39 is 0 Å². The topological polar surface area (TPSA) is 57.0 Å². The molecule has 1 aliphatic heterocycles.